The Morgan fingerprint density at radius 2 is 1.59 bits per heavy atom. The number of fused-ring (bicyclic) bond motifs is 1. The van der Waals surface area contributed by atoms with E-state index < -0.39 is 0 Å². The Morgan fingerprint density at radius 3 is 2.34 bits per heavy atom. The maximum Gasteiger partial charge on any atom is 0.261 e. The molecule has 0 atom stereocenters. The molecular weight excluding hydrogens is 398 g/mol. The molecule has 0 aliphatic heterocycles. The summed E-state index contributed by atoms with van der Waals surface area (Å²) in [6, 6.07) is 29.2. The van der Waals surface area contributed by atoms with Crippen LogP contribution >= 0.6 is 0 Å². The van der Waals surface area contributed by atoms with Crippen LogP contribution in [0.25, 0.3) is 21.9 Å². The van der Waals surface area contributed by atoms with Crippen molar-refractivity contribution in [3.8, 4) is 16.9 Å². The van der Waals surface area contributed by atoms with E-state index in [-0.39, 0.29) is 11.8 Å². The van der Waals surface area contributed by atoms with Crippen LogP contribution in [0, 0.1) is 0 Å². The molecule has 0 fully saturated rings. The Balaban J connectivity index is 1.63. The van der Waals surface area contributed by atoms with E-state index in [9.17, 15) is 9.59 Å². The lowest BCUT2D eigenvalue weighted by molar-refractivity contribution is -0.126. The number of carbonyl (C=O) groups is 2. The molecular formula is C28H25NO3. The fourth-order valence-corrected chi connectivity index (χ4v) is 3.98. The van der Waals surface area contributed by atoms with Gasteiger partial charge in [0, 0.05) is 19.0 Å². The Kier molecular flexibility index (Phi) is 6.31. The molecule has 0 aromatic heterocycles. The molecule has 4 heteroatoms. The molecule has 0 aliphatic carbocycles. The van der Waals surface area contributed by atoms with Crippen LogP contribution in [-0.4, -0.2) is 30.4 Å². The summed E-state index contributed by atoms with van der Waals surface area (Å²) in [6.45, 7) is 1.74. The summed E-state index contributed by atoms with van der Waals surface area (Å²) in [5, 5.41) is 2.16. The number of ether oxygens (including phenoxy) is 1. The second-order valence-corrected chi connectivity index (χ2v) is 7.64. The summed E-state index contributed by atoms with van der Waals surface area (Å²) in [4.78, 5) is 27.3. The molecule has 0 bridgehead atoms. The summed E-state index contributed by atoms with van der Waals surface area (Å²) in [5.74, 6) is 0.228. The van der Waals surface area contributed by atoms with E-state index in [2.05, 4.69) is 0 Å². The molecule has 4 aromatic rings. The van der Waals surface area contributed by atoms with Gasteiger partial charge in [-0.3, -0.25) is 14.5 Å². The quantitative estimate of drug-likeness (QED) is 0.397. The molecule has 4 rings (SSSR count). The zero-order valence-corrected chi connectivity index (χ0v) is 18.2. The van der Waals surface area contributed by atoms with Crippen molar-refractivity contribution < 1.29 is 14.3 Å². The highest BCUT2D eigenvalue weighted by molar-refractivity contribution is 6.08. The fourth-order valence-electron chi connectivity index (χ4n) is 3.98. The molecule has 2 amide bonds. The second-order valence-electron chi connectivity index (χ2n) is 7.64. The van der Waals surface area contributed by atoms with Crippen molar-refractivity contribution in [1.82, 2.24) is 4.90 Å². The summed E-state index contributed by atoms with van der Waals surface area (Å²) < 4.78 is 5.37. The Hall–Kier alpha value is -3.92. The SMILES string of the molecule is COc1ccc2cccc(CCN(C(C)=O)C(=O)c3ccccc3-c3ccccc3)c2c1. The summed E-state index contributed by atoms with van der Waals surface area (Å²) >= 11 is 0. The van der Waals surface area contributed by atoms with E-state index in [0.29, 0.717) is 18.5 Å². The number of imide groups is 1. The minimum absolute atomic E-state index is 0.268. The molecule has 0 N–H and O–H groups in total. The normalized spacial score (nSPS) is 10.7. The molecule has 0 heterocycles. The number of hydrogen-bond acceptors (Lipinski definition) is 3. The summed E-state index contributed by atoms with van der Waals surface area (Å²) in [6.07, 6.45) is 0.559. The van der Waals surface area contributed by atoms with Crippen molar-refractivity contribution >= 4 is 22.6 Å². The average Bonchev–Trinajstić information content (AvgIpc) is 2.84. The minimum atomic E-state index is -0.283. The van der Waals surface area contributed by atoms with Crippen molar-refractivity contribution in [1.29, 1.82) is 0 Å². The molecule has 4 aromatic carbocycles. The van der Waals surface area contributed by atoms with Crippen LogP contribution in [-0.2, 0) is 11.2 Å². The minimum Gasteiger partial charge on any atom is -0.497 e. The number of methoxy groups -OCH3 is 1. The van der Waals surface area contributed by atoms with Crippen molar-refractivity contribution in [2.24, 2.45) is 0 Å². The van der Waals surface area contributed by atoms with Gasteiger partial charge in [0.15, 0.2) is 0 Å². The predicted octanol–water partition coefficient (Wildman–Crippen LogP) is 5.75. The molecule has 0 aliphatic rings. The van der Waals surface area contributed by atoms with Crippen LogP contribution in [0.4, 0.5) is 0 Å². The van der Waals surface area contributed by atoms with Crippen molar-refractivity contribution in [3.63, 3.8) is 0 Å². The van der Waals surface area contributed by atoms with Gasteiger partial charge < -0.3 is 4.74 Å². The van der Waals surface area contributed by atoms with Crippen molar-refractivity contribution in [2.75, 3.05) is 13.7 Å². The standard InChI is InChI=1S/C28H25NO3/c1-20(30)29(18-17-23-12-8-11-22-15-16-24(32-2)19-27(22)23)28(31)26-14-7-6-13-25(26)21-9-4-3-5-10-21/h3-16,19H,17-18H2,1-2H3. The lowest BCUT2D eigenvalue weighted by atomic mass is 9.98. The van der Waals surface area contributed by atoms with E-state index in [1.807, 2.05) is 84.9 Å². The van der Waals surface area contributed by atoms with Gasteiger partial charge >= 0.3 is 0 Å². The first kappa shape index (κ1) is 21.3. The third-order valence-corrected chi connectivity index (χ3v) is 5.65. The van der Waals surface area contributed by atoms with E-state index in [1.165, 1.54) is 11.8 Å². The first-order chi connectivity index (χ1) is 15.6. The maximum absolute atomic E-state index is 13.5. The molecule has 4 nitrogen and oxygen atoms in total. The Bertz CT molecular complexity index is 1260. The monoisotopic (exact) mass is 423 g/mol. The molecule has 0 radical (unpaired) electrons. The zero-order valence-electron chi connectivity index (χ0n) is 18.2. The number of amides is 2. The van der Waals surface area contributed by atoms with Gasteiger partial charge in [0.25, 0.3) is 5.91 Å². The third kappa shape index (κ3) is 4.40. The lowest BCUT2D eigenvalue weighted by Crippen LogP contribution is -2.37. The Labute approximate surface area is 188 Å². The highest BCUT2D eigenvalue weighted by Gasteiger charge is 2.22. The molecule has 0 spiro atoms. The van der Waals surface area contributed by atoms with Crippen LogP contribution in [0.2, 0.25) is 0 Å². The lowest BCUT2D eigenvalue weighted by Gasteiger charge is -2.21. The van der Waals surface area contributed by atoms with Gasteiger partial charge in [-0.15, -0.1) is 0 Å². The predicted molar refractivity (Wildman–Crippen MR) is 128 cm³/mol. The highest BCUT2D eigenvalue weighted by atomic mass is 16.5. The van der Waals surface area contributed by atoms with Gasteiger partial charge in [-0.05, 0) is 52.1 Å². The number of benzene rings is 4. The van der Waals surface area contributed by atoms with Crippen LogP contribution in [0.1, 0.15) is 22.8 Å². The molecule has 0 unspecified atom stereocenters. The molecule has 32 heavy (non-hydrogen) atoms. The van der Waals surface area contributed by atoms with Gasteiger partial charge in [-0.1, -0.05) is 72.8 Å². The molecule has 0 saturated heterocycles. The highest BCUT2D eigenvalue weighted by Crippen LogP contribution is 2.26. The number of rotatable bonds is 6. The van der Waals surface area contributed by atoms with E-state index in [0.717, 1.165) is 33.2 Å². The third-order valence-electron chi connectivity index (χ3n) is 5.65. The van der Waals surface area contributed by atoms with E-state index in [1.54, 1.807) is 13.2 Å². The topological polar surface area (TPSA) is 46.6 Å². The van der Waals surface area contributed by atoms with Gasteiger partial charge in [0.05, 0.1) is 7.11 Å². The second kappa shape index (κ2) is 9.48. The first-order valence-corrected chi connectivity index (χ1v) is 10.6. The van der Waals surface area contributed by atoms with Crippen LogP contribution in [0.5, 0.6) is 5.75 Å². The van der Waals surface area contributed by atoms with Crippen molar-refractivity contribution in [3.05, 3.63) is 102 Å². The maximum atomic E-state index is 13.5. The van der Waals surface area contributed by atoms with Gasteiger partial charge in [0.1, 0.15) is 5.75 Å². The smallest absolute Gasteiger partial charge is 0.261 e. The number of hydrogen-bond donors (Lipinski definition) is 0. The molecule has 0 saturated carbocycles. The van der Waals surface area contributed by atoms with Crippen molar-refractivity contribution in [2.45, 2.75) is 13.3 Å². The van der Waals surface area contributed by atoms with Gasteiger partial charge in [0.2, 0.25) is 5.91 Å². The van der Waals surface area contributed by atoms with E-state index in [4.69, 9.17) is 4.74 Å². The summed E-state index contributed by atoms with van der Waals surface area (Å²) in [7, 11) is 1.64. The summed E-state index contributed by atoms with van der Waals surface area (Å²) in [5.41, 5.74) is 3.35. The number of carbonyl (C=O) groups excluding carboxylic acids is 2. The van der Waals surface area contributed by atoms with Crippen LogP contribution < -0.4 is 4.74 Å². The first-order valence-electron chi connectivity index (χ1n) is 10.6. The van der Waals surface area contributed by atoms with E-state index >= 15 is 0 Å². The zero-order chi connectivity index (χ0) is 22.5. The van der Waals surface area contributed by atoms with Gasteiger partial charge in [-0.25, -0.2) is 0 Å². The molecule has 160 valence electrons. The fraction of sp³-hybridized carbons (Fsp3) is 0.143. The van der Waals surface area contributed by atoms with Gasteiger partial charge in [-0.2, -0.15) is 0 Å². The Morgan fingerprint density at radius 1 is 0.844 bits per heavy atom. The van der Waals surface area contributed by atoms with Crippen LogP contribution in [0.15, 0.2) is 91.0 Å². The number of nitrogens with zero attached hydrogens (tertiary/aromatic N) is 1. The van der Waals surface area contributed by atoms with Crippen LogP contribution in [0.3, 0.4) is 0 Å². The average molecular weight is 424 g/mol. The largest absolute Gasteiger partial charge is 0.497 e.